The third-order valence-electron chi connectivity index (χ3n) is 2.09. The van der Waals surface area contributed by atoms with Crippen LogP contribution in [0.15, 0.2) is 4.34 Å². The number of nitrogens with two attached hydrogens (primary N) is 1. The highest BCUT2D eigenvalue weighted by Crippen LogP contribution is 2.22. The topological polar surface area (TPSA) is 75.6 Å². The van der Waals surface area contributed by atoms with E-state index in [9.17, 15) is 0 Å². The van der Waals surface area contributed by atoms with E-state index in [2.05, 4.69) is 15.4 Å². The fraction of sp³-hybridized carbons (Fsp3) is 0.700. The van der Waals surface area contributed by atoms with E-state index in [-0.39, 0.29) is 0 Å². The van der Waals surface area contributed by atoms with Crippen LogP contribution >= 0.6 is 23.3 Å². The maximum absolute atomic E-state index is 8.74. The smallest absolute Gasteiger partial charge is 0.170 e. The van der Waals surface area contributed by atoms with Crippen molar-refractivity contribution in [3.8, 4) is 6.07 Å². The van der Waals surface area contributed by atoms with Crippen LogP contribution in [0.4, 0.5) is 0 Å². The highest BCUT2D eigenvalue weighted by molar-refractivity contribution is 8.00. The Morgan fingerprint density at radius 3 is 2.94 bits per heavy atom. The number of aryl methyl sites for hydroxylation is 1. The van der Waals surface area contributed by atoms with Gasteiger partial charge in [0.1, 0.15) is 11.4 Å². The quantitative estimate of drug-likeness (QED) is 0.624. The van der Waals surface area contributed by atoms with Gasteiger partial charge >= 0.3 is 0 Å². The predicted octanol–water partition coefficient (Wildman–Crippen LogP) is 2.21. The van der Waals surface area contributed by atoms with Crippen LogP contribution in [0.25, 0.3) is 0 Å². The van der Waals surface area contributed by atoms with Crippen LogP contribution in [0.3, 0.4) is 0 Å². The first-order chi connectivity index (χ1) is 7.57. The molecule has 1 aromatic heterocycles. The van der Waals surface area contributed by atoms with Crippen LogP contribution in [0.5, 0.6) is 0 Å². The number of thioether (sulfide) groups is 1. The molecule has 0 spiro atoms. The molecule has 0 aromatic carbocycles. The molecule has 0 aliphatic carbocycles. The molecule has 88 valence electrons. The molecule has 1 atom stereocenters. The van der Waals surface area contributed by atoms with E-state index in [1.165, 1.54) is 11.5 Å². The Kier molecular flexibility index (Phi) is 5.19. The second-order valence-electron chi connectivity index (χ2n) is 3.81. The van der Waals surface area contributed by atoms with Crippen LogP contribution in [0.2, 0.25) is 0 Å². The maximum Gasteiger partial charge on any atom is 0.170 e. The monoisotopic (exact) mass is 256 g/mol. The van der Waals surface area contributed by atoms with Gasteiger partial charge in [0.15, 0.2) is 4.34 Å². The Balaban J connectivity index is 2.24. The average Bonchev–Trinajstić information content (AvgIpc) is 2.72. The Morgan fingerprint density at radius 2 is 2.38 bits per heavy atom. The minimum Gasteiger partial charge on any atom is -0.314 e. The van der Waals surface area contributed by atoms with Crippen molar-refractivity contribution in [1.29, 1.82) is 5.26 Å². The molecule has 0 bridgehead atoms. The van der Waals surface area contributed by atoms with E-state index < -0.39 is 5.54 Å². The summed E-state index contributed by atoms with van der Waals surface area (Å²) in [4.78, 5) is 4.36. The van der Waals surface area contributed by atoms with Crippen molar-refractivity contribution in [2.75, 3.05) is 5.75 Å². The zero-order valence-electron chi connectivity index (χ0n) is 9.56. The van der Waals surface area contributed by atoms with Crippen LogP contribution in [0.1, 0.15) is 32.5 Å². The fourth-order valence-corrected chi connectivity index (χ4v) is 2.80. The molecule has 1 aromatic rings. The van der Waals surface area contributed by atoms with Crippen molar-refractivity contribution in [3.63, 3.8) is 0 Å². The highest BCUT2D eigenvalue weighted by Gasteiger charge is 2.16. The van der Waals surface area contributed by atoms with Gasteiger partial charge in [0.05, 0.1) is 6.07 Å². The first-order valence-electron chi connectivity index (χ1n) is 5.23. The van der Waals surface area contributed by atoms with Gasteiger partial charge in [-0.05, 0) is 31.3 Å². The van der Waals surface area contributed by atoms with Crippen molar-refractivity contribution in [3.05, 3.63) is 5.82 Å². The van der Waals surface area contributed by atoms with Gasteiger partial charge in [-0.25, -0.2) is 4.98 Å². The van der Waals surface area contributed by atoms with Gasteiger partial charge in [0, 0.05) is 12.2 Å². The van der Waals surface area contributed by atoms with E-state index in [0.29, 0.717) is 0 Å². The molecule has 0 fully saturated rings. The molecule has 0 aliphatic heterocycles. The normalized spacial score (nSPS) is 14.4. The number of rotatable bonds is 6. The molecule has 4 nitrogen and oxygen atoms in total. The summed E-state index contributed by atoms with van der Waals surface area (Å²) in [5.41, 5.74) is 5.03. The van der Waals surface area contributed by atoms with Crippen molar-refractivity contribution < 1.29 is 0 Å². The van der Waals surface area contributed by atoms with Gasteiger partial charge < -0.3 is 5.73 Å². The molecular formula is C10H16N4S2. The summed E-state index contributed by atoms with van der Waals surface area (Å²) in [7, 11) is 0. The van der Waals surface area contributed by atoms with Gasteiger partial charge in [-0.1, -0.05) is 18.7 Å². The maximum atomic E-state index is 8.74. The summed E-state index contributed by atoms with van der Waals surface area (Å²) >= 11 is 3.13. The zero-order chi connectivity index (χ0) is 12.0. The first kappa shape index (κ1) is 13.4. The fourth-order valence-electron chi connectivity index (χ4n) is 1.09. The highest BCUT2D eigenvalue weighted by atomic mass is 32.2. The molecule has 1 unspecified atom stereocenters. The summed E-state index contributed by atoms with van der Waals surface area (Å²) in [6.07, 6.45) is 2.52. The minimum atomic E-state index is -0.698. The summed E-state index contributed by atoms with van der Waals surface area (Å²) in [6.45, 7) is 3.81. The van der Waals surface area contributed by atoms with E-state index >= 15 is 0 Å². The van der Waals surface area contributed by atoms with E-state index in [1.54, 1.807) is 18.7 Å². The average molecular weight is 256 g/mol. The zero-order valence-corrected chi connectivity index (χ0v) is 11.2. The Morgan fingerprint density at radius 1 is 1.62 bits per heavy atom. The lowest BCUT2D eigenvalue weighted by Crippen LogP contribution is -2.33. The van der Waals surface area contributed by atoms with Crippen molar-refractivity contribution in [2.45, 2.75) is 43.0 Å². The second-order valence-corrected chi connectivity index (χ2v) is 5.91. The Hall–Kier alpha value is -0.640. The number of hydrogen-bond acceptors (Lipinski definition) is 6. The summed E-state index contributed by atoms with van der Waals surface area (Å²) in [5.74, 6) is 1.85. The molecule has 0 aliphatic rings. The SMILES string of the molecule is CCc1nsc(SCCCC(C)(N)C#N)n1. The number of nitrogens with zero attached hydrogens (tertiary/aromatic N) is 3. The third-order valence-corrected chi connectivity index (χ3v) is 4.04. The second kappa shape index (κ2) is 6.18. The lowest BCUT2D eigenvalue weighted by Gasteiger charge is -2.13. The van der Waals surface area contributed by atoms with Gasteiger partial charge in [0.25, 0.3) is 0 Å². The lowest BCUT2D eigenvalue weighted by molar-refractivity contribution is 0.540. The Labute approximate surface area is 104 Å². The largest absolute Gasteiger partial charge is 0.314 e. The van der Waals surface area contributed by atoms with Crippen molar-refractivity contribution >= 4 is 23.3 Å². The van der Waals surface area contributed by atoms with Gasteiger partial charge in [-0.15, -0.1) is 0 Å². The molecule has 0 radical (unpaired) electrons. The summed E-state index contributed by atoms with van der Waals surface area (Å²) < 4.78 is 5.22. The summed E-state index contributed by atoms with van der Waals surface area (Å²) in [6, 6.07) is 2.10. The standard InChI is InChI=1S/C10H16N4S2/c1-3-8-13-9(16-14-8)15-6-4-5-10(2,12)7-11/h3-6,12H2,1-2H3. The number of hydrogen-bond donors (Lipinski definition) is 1. The summed E-state index contributed by atoms with van der Waals surface area (Å²) in [5, 5.41) is 8.74. The molecule has 0 saturated heterocycles. The van der Waals surface area contributed by atoms with Crippen molar-refractivity contribution in [2.24, 2.45) is 5.73 Å². The first-order valence-corrected chi connectivity index (χ1v) is 6.99. The molecule has 1 rings (SSSR count). The lowest BCUT2D eigenvalue weighted by atomic mass is 10.0. The predicted molar refractivity (Wildman–Crippen MR) is 67.5 cm³/mol. The van der Waals surface area contributed by atoms with E-state index in [4.69, 9.17) is 11.0 Å². The number of nitriles is 1. The molecular weight excluding hydrogens is 240 g/mol. The minimum absolute atomic E-state index is 0.698. The van der Waals surface area contributed by atoms with Crippen molar-refractivity contribution in [1.82, 2.24) is 9.36 Å². The van der Waals surface area contributed by atoms with Crippen LogP contribution in [-0.4, -0.2) is 20.6 Å². The van der Waals surface area contributed by atoms with Gasteiger partial charge in [0.2, 0.25) is 0 Å². The molecule has 6 heteroatoms. The van der Waals surface area contributed by atoms with Crippen LogP contribution in [0, 0.1) is 11.3 Å². The van der Waals surface area contributed by atoms with E-state index in [1.807, 2.05) is 6.92 Å². The van der Waals surface area contributed by atoms with Gasteiger partial charge in [-0.3, -0.25) is 0 Å². The molecule has 0 amide bonds. The molecule has 0 saturated carbocycles. The van der Waals surface area contributed by atoms with Crippen LogP contribution < -0.4 is 5.73 Å². The number of aromatic nitrogens is 2. The third kappa shape index (κ3) is 4.47. The van der Waals surface area contributed by atoms with Gasteiger partial charge in [-0.2, -0.15) is 9.64 Å². The molecule has 1 heterocycles. The van der Waals surface area contributed by atoms with Crippen LogP contribution in [-0.2, 0) is 6.42 Å². The van der Waals surface area contributed by atoms with E-state index in [0.717, 1.165) is 35.2 Å². The Bertz CT molecular complexity index is 367. The molecule has 16 heavy (non-hydrogen) atoms. The molecule has 2 N–H and O–H groups in total.